The third kappa shape index (κ3) is 38.5. The second kappa shape index (κ2) is 37.0. The number of carbonyl (C=O) groups is 2. The van der Waals surface area contributed by atoms with E-state index in [0.29, 0.717) is 19.3 Å². The van der Waals surface area contributed by atoms with Crippen molar-refractivity contribution in [1.82, 2.24) is 0 Å². The molecule has 5 unspecified atom stereocenters. The molecule has 0 bridgehead atoms. The van der Waals surface area contributed by atoms with Gasteiger partial charge in [-0.05, 0) is 44.9 Å². The van der Waals surface area contributed by atoms with E-state index in [0.717, 1.165) is 44.9 Å². The standard InChI is InChI=1S/C41H66O15P2/c1-3-5-7-9-11-13-15-17-19-21-23-25-27-29-40(45)51-31-37(42)33-53-57(47,48)55-35-39(44)36-56-58(49,50)54-34-38(43)32-52-41(46)30-28-26-24-22-20-18-16-14-12-10-8-6-4-2/h5-17,19,21,23,37-39,42-44H,3-4,18,20,22,24-36H2,1-2H3,(H,47,48)(H,49,50)/b7-5+,8-6+,11-9+,12-10+,15-13-,16-14-,19-17-,23-21+. The van der Waals surface area contributed by atoms with Gasteiger partial charge < -0.3 is 34.6 Å². The summed E-state index contributed by atoms with van der Waals surface area (Å²) >= 11 is 0. The lowest BCUT2D eigenvalue weighted by Gasteiger charge is -2.19. The van der Waals surface area contributed by atoms with Gasteiger partial charge in [-0.1, -0.05) is 130 Å². The summed E-state index contributed by atoms with van der Waals surface area (Å²) in [4.78, 5) is 43.5. The molecular formula is C41H66O15P2. The van der Waals surface area contributed by atoms with Gasteiger partial charge in [0, 0.05) is 12.8 Å². The number of esters is 2. The van der Waals surface area contributed by atoms with Crippen LogP contribution in [0.5, 0.6) is 0 Å². The average molecular weight is 861 g/mol. The van der Waals surface area contributed by atoms with Gasteiger partial charge in [-0.15, -0.1) is 0 Å². The number of phosphoric ester groups is 2. The van der Waals surface area contributed by atoms with E-state index in [1.54, 1.807) is 0 Å². The zero-order chi connectivity index (χ0) is 43.2. The Kier molecular flexibility index (Phi) is 35.1. The number of unbranched alkanes of at least 4 members (excludes halogenated alkanes) is 6. The SMILES string of the molecule is CC/C=C/C=C/C=C\C=C/C=C/CCCC(=O)OCC(O)COP(=O)(O)OCC(O)COP(=O)(O)OCC(O)COC(=O)CCCCCCC\C=C/C=C/C=C/CC. The van der Waals surface area contributed by atoms with Gasteiger partial charge in [0.05, 0.1) is 26.4 Å². The first-order chi connectivity index (χ1) is 27.8. The molecule has 17 heteroatoms. The molecule has 0 aliphatic heterocycles. The van der Waals surface area contributed by atoms with Crippen LogP contribution in [0.25, 0.3) is 0 Å². The topological polar surface area (TPSA) is 225 Å². The maximum atomic E-state index is 12.1. The molecule has 0 spiro atoms. The first kappa shape index (κ1) is 55.0. The molecule has 0 fully saturated rings. The Bertz CT molecular complexity index is 1420. The van der Waals surface area contributed by atoms with Crippen molar-refractivity contribution in [2.24, 2.45) is 0 Å². The zero-order valence-electron chi connectivity index (χ0n) is 33.9. The summed E-state index contributed by atoms with van der Waals surface area (Å²) in [5.74, 6) is -1.10. The Morgan fingerprint density at radius 2 is 0.759 bits per heavy atom. The lowest BCUT2D eigenvalue weighted by atomic mass is 10.1. The summed E-state index contributed by atoms with van der Waals surface area (Å²) in [6.07, 6.45) is 35.8. The highest BCUT2D eigenvalue weighted by Crippen LogP contribution is 2.45. The van der Waals surface area contributed by atoms with Crippen LogP contribution in [0.2, 0.25) is 0 Å². The molecule has 15 nitrogen and oxygen atoms in total. The van der Waals surface area contributed by atoms with E-state index in [-0.39, 0.29) is 12.8 Å². The smallest absolute Gasteiger partial charge is 0.463 e. The minimum absolute atomic E-state index is 0.0945. The highest BCUT2D eigenvalue weighted by atomic mass is 31.2. The van der Waals surface area contributed by atoms with Gasteiger partial charge in [-0.25, -0.2) is 9.13 Å². The number of aliphatic hydroxyl groups excluding tert-OH is 3. The fourth-order valence-corrected chi connectivity index (χ4v) is 5.77. The van der Waals surface area contributed by atoms with Crippen LogP contribution in [0, 0.1) is 0 Å². The molecule has 0 aromatic carbocycles. The molecule has 5 atom stereocenters. The normalized spacial score (nSPS) is 16.5. The van der Waals surface area contributed by atoms with Gasteiger partial charge in [0.15, 0.2) is 0 Å². The summed E-state index contributed by atoms with van der Waals surface area (Å²) in [7, 11) is -9.60. The summed E-state index contributed by atoms with van der Waals surface area (Å²) < 4.78 is 52.6. The average Bonchev–Trinajstić information content (AvgIpc) is 3.19. The Hall–Kier alpha value is -3.04. The molecule has 0 aliphatic rings. The van der Waals surface area contributed by atoms with Crippen LogP contribution < -0.4 is 0 Å². The molecule has 0 aromatic heterocycles. The Balaban J connectivity index is 4.07. The van der Waals surface area contributed by atoms with E-state index in [9.17, 15) is 43.8 Å². The number of aliphatic hydroxyl groups is 3. The Morgan fingerprint density at radius 1 is 0.448 bits per heavy atom. The summed E-state index contributed by atoms with van der Waals surface area (Å²) in [6, 6.07) is 0. The van der Waals surface area contributed by atoms with Crippen molar-refractivity contribution in [3.8, 4) is 0 Å². The molecule has 330 valence electrons. The zero-order valence-corrected chi connectivity index (χ0v) is 35.7. The van der Waals surface area contributed by atoms with Gasteiger partial charge in [0.1, 0.15) is 31.5 Å². The molecule has 0 aliphatic carbocycles. The van der Waals surface area contributed by atoms with Crippen LogP contribution in [0.3, 0.4) is 0 Å². The highest BCUT2D eigenvalue weighted by molar-refractivity contribution is 7.47. The quantitative estimate of drug-likeness (QED) is 0.0177. The van der Waals surface area contributed by atoms with E-state index in [2.05, 4.69) is 50.2 Å². The van der Waals surface area contributed by atoms with Gasteiger partial charge in [-0.3, -0.25) is 27.7 Å². The first-order valence-electron chi connectivity index (χ1n) is 19.7. The Morgan fingerprint density at radius 3 is 1.17 bits per heavy atom. The highest BCUT2D eigenvalue weighted by Gasteiger charge is 2.28. The van der Waals surface area contributed by atoms with Crippen LogP contribution in [0.15, 0.2) is 97.2 Å². The summed E-state index contributed by atoms with van der Waals surface area (Å²) in [5.41, 5.74) is 0. The number of rotatable bonds is 36. The van der Waals surface area contributed by atoms with Crippen LogP contribution in [0.4, 0.5) is 0 Å². The minimum atomic E-state index is -4.80. The second-order valence-corrected chi connectivity index (χ2v) is 15.6. The van der Waals surface area contributed by atoms with Crippen molar-refractivity contribution in [1.29, 1.82) is 0 Å². The molecule has 58 heavy (non-hydrogen) atoms. The number of carbonyl (C=O) groups excluding carboxylic acids is 2. The van der Waals surface area contributed by atoms with Gasteiger partial charge >= 0.3 is 27.6 Å². The van der Waals surface area contributed by atoms with E-state index >= 15 is 0 Å². The van der Waals surface area contributed by atoms with Crippen molar-refractivity contribution >= 4 is 27.6 Å². The van der Waals surface area contributed by atoms with Crippen LogP contribution in [-0.4, -0.2) is 95.0 Å². The van der Waals surface area contributed by atoms with Crippen molar-refractivity contribution in [3.63, 3.8) is 0 Å². The molecule has 0 rings (SSSR count). The summed E-state index contributed by atoms with van der Waals surface area (Å²) in [5, 5.41) is 29.8. The van der Waals surface area contributed by atoms with E-state index in [1.165, 1.54) is 0 Å². The molecule has 0 amide bonds. The van der Waals surface area contributed by atoms with Gasteiger partial charge in [0.2, 0.25) is 0 Å². The fraction of sp³-hybridized carbons (Fsp3) is 0.561. The fourth-order valence-electron chi connectivity index (χ4n) is 4.18. The molecule has 0 radical (unpaired) electrons. The minimum Gasteiger partial charge on any atom is -0.463 e. The number of hydrogen-bond donors (Lipinski definition) is 5. The third-order valence-electron chi connectivity index (χ3n) is 7.22. The maximum Gasteiger partial charge on any atom is 0.472 e. The number of allylic oxidation sites excluding steroid dienone is 16. The van der Waals surface area contributed by atoms with Crippen molar-refractivity contribution in [2.75, 3.05) is 39.6 Å². The predicted octanol–water partition coefficient (Wildman–Crippen LogP) is 7.59. The van der Waals surface area contributed by atoms with Gasteiger partial charge in [0.25, 0.3) is 0 Å². The first-order valence-corrected chi connectivity index (χ1v) is 22.7. The monoisotopic (exact) mass is 860 g/mol. The van der Waals surface area contributed by atoms with E-state index in [4.69, 9.17) is 9.47 Å². The number of phosphoric acid groups is 2. The largest absolute Gasteiger partial charge is 0.472 e. The number of ether oxygens (including phenoxy) is 2. The predicted molar refractivity (Wildman–Crippen MR) is 223 cm³/mol. The van der Waals surface area contributed by atoms with Crippen molar-refractivity contribution in [2.45, 2.75) is 109 Å². The molecule has 0 heterocycles. The van der Waals surface area contributed by atoms with Crippen molar-refractivity contribution in [3.05, 3.63) is 97.2 Å². The van der Waals surface area contributed by atoms with Crippen LogP contribution in [0.1, 0.15) is 90.9 Å². The molecular weight excluding hydrogens is 794 g/mol. The van der Waals surface area contributed by atoms with E-state index < -0.39 is 85.5 Å². The second-order valence-electron chi connectivity index (χ2n) is 12.7. The molecule has 0 aromatic rings. The summed E-state index contributed by atoms with van der Waals surface area (Å²) in [6.45, 7) is -0.0444. The van der Waals surface area contributed by atoms with Crippen LogP contribution >= 0.6 is 15.6 Å². The Labute approximate surface area is 344 Å². The van der Waals surface area contributed by atoms with Gasteiger partial charge in [-0.2, -0.15) is 0 Å². The molecule has 0 saturated carbocycles. The molecule has 5 N–H and O–H groups in total. The lowest BCUT2D eigenvalue weighted by Crippen LogP contribution is -2.25. The maximum absolute atomic E-state index is 12.1. The third-order valence-corrected chi connectivity index (χ3v) is 9.13. The number of hydrogen-bond acceptors (Lipinski definition) is 13. The lowest BCUT2D eigenvalue weighted by molar-refractivity contribution is -0.148. The van der Waals surface area contributed by atoms with Crippen molar-refractivity contribution < 1.29 is 71.4 Å². The van der Waals surface area contributed by atoms with E-state index in [1.807, 2.05) is 79.0 Å². The molecule has 0 saturated heterocycles. The van der Waals surface area contributed by atoms with Crippen LogP contribution in [-0.2, 0) is 46.3 Å².